The van der Waals surface area contributed by atoms with Gasteiger partial charge in [0.15, 0.2) is 0 Å². The Morgan fingerprint density at radius 1 is 1.03 bits per heavy atom. The Balaban J connectivity index is 1.40. The van der Waals surface area contributed by atoms with Gasteiger partial charge >= 0.3 is 0 Å². The normalized spacial score (nSPS) is 10.8. The van der Waals surface area contributed by atoms with Crippen LogP contribution in [0.3, 0.4) is 0 Å². The van der Waals surface area contributed by atoms with E-state index in [0.29, 0.717) is 24.2 Å². The number of halogens is 1. The van der Waals surface area contributed by atoms with Crippen LogP contribution in [0.15, 0.2) is 73.1 Å². The number of aryl methyl sites for hydroxylation is 1. The van der Waals surface area contributed by atoms with Crippen molar-refractivity contribution in [2.24, 2.45) is 0 Å². The van der Waals surface area contributed by atoms with Gasteiger partial charge in [0.05, 0.1) is 11.3 Å². The lowest BCUT2D eigenvalue weighted by Gasteiger charge is -2.11. The molecule has 0 saturated heterocycles. The van der Waals surface area contributed by atoms with Gasteiger partial charge in [0.2, 0.25) is 0 Å². The summed E-state index contributed by atoms with van der Waals surface area (Å²) in [6, 6.07) is 16.6. The van der Waals surface area contributed by atoms with Gasteiger partial charge in [0, 0.05) is 36.6 Å². The predicted molar refractivity (Wildman–Crippen MR) is 117 cm³/mol. The second kappa shape index (κ2) is 8.79. The van der Waals surface area contributed by atoms with Gasteiger partial charge in [0.25, 0.3) is 11.8 Å². The van der Waals surface area contributed by atoms with Crippen molar-refractivity contribution < 1.29 is 14.0 Å². The van der Waals surface area contributed by atoms with Crippen LogP contribution in [-0.2, 0) is 6.42 Å². The summed E-state index contributed by atoms with van der Waals surface area (Å²) in [6.45, 7) is 2.23. The van der Waals surface area contributed by atoms with Gasteiger partial charge in [-0.25, -0.2) is 9.37 Å². The highest BCUT2D eigenvalue weighted by atomic mass is 19.1. The minimum Gasteiger partial charge on any atom is -0.352 e. The predicted octanol–water partition coefficient (Wildman–Crippen LogP) is 4.01. The molecule has 2 aromatic carbocycles. The van der Waals surface area contributed by atoms with E-state index in [1.54, 1.807) is 24.3 Å². The molecule has 2 N–H and O–H groups in total. The van der Waals surface area contributed by atoms with Gasteiger partial charge < -0.3 is 15.0 Å². The zero-order chi connectivity index (χ0) is 21.8. The van der Waals surface area contributed by atoms with Crippen LogP contribution < -0.4 is 10.6 Å². The first-order chi connectivity index (χ1) is 15.0. The van der Waals surface area contributed by atoms with Gasteiger partial charge in [-0.1, -0.05) is 24.3 Å². The van der Waals surface area contributed by atoms with Gasteiger partial charge in [0.1, 0.15) is 11.5 Å². The number of hydrogen-bond donors (Lipinski definition) is 2. The molecule has 31 heavy (non-hydrogen) atoms. The number of hydrogen-bond acceptors (Lipinski definition) is 3. The van der Waals surface area contributed by atoms with E-state index < -0.39 is 11.7 Å². The number of carbonyl (C=O) groups excluding carboxylic acids is 2. The average Bonchev–Trinajstić information content (AvgIpc) is 3.18. The highest BCUT2D eigenvalue weighted by Gasteiger charge is 2.14. The van der Waals surface area contributed by atoms with E-state index in [0.717, 1.165) is 16.9 Å². The molecule has 0 aliphatic carbocycles. The van der Waals surface area contributed by atoms with Crippen molar-refractivity contribution in [3.63, 3.8) is 0 Å². The van der Waals surface area contributed by atoms with E-state index in [4.69, 9.17) is 0 Å². The number of fused-ring (bicyclic) bond motifs is 1. The molecule has 0 unspecified atom stereocenters. The Morgan fingerprint density at radius 2 is 1.84 bits per heavy atom. The number of imidazole rings is 1. The molecule has 0 aliphatic rings. The van der Waals surface area contributed by atoms with Crippen LogP contribution >= 0.6 is 0 Å². The fraction of sp³-hybridized carbons (Fsp3) is 0.125. The molecule has 2 aromatic heterocycles. The van der Waals surface area contributed by atoms with Crippen molar-refractivity contribution >= 4 is 23.1 Å². The van der Waals surface area contributed by atoms with Gasteiger partial charge in [-0.05, 0) is 48.9 Å². The molecule has 2 amide bonds. The van der Waals surface area contributed by atoms with Crippen molar-refractivity contribution in [1.29, 1.82) is 0 Å². The molecule has 0 aliphatic heterocycles. The van der Waals surface area contributed by atoms with Crippen LogP contribution in [0.2, 0.25) is 0 Å². The monoisotopic (exact) mass is 416 g/mol. The average molecular weight is 416 g/mol. The molecule has 0 radical (unpaired) electrons. The summed E-state index contributed by atoms with van der Waals surface area (Å²) in [6.07, 6.45) is 4.45. The number of benzene rings is 2. The zero-order valence-corrected chi connectivity index (χ0v) is 16.9. The minimum absolute atomic E-state index is 0.0517. The maximum atomic E-state index is 13.9. The van der Waals surface area contributed by atoms with Crippen LogP contribution in [0.5, 0.6) is 0 Å². The zero-order valence-electron chi connectivity index (χ0n) is 16.9. The summed E-state index contributed by atoms with van der Waals surface area (Å²) in [5.74, 6) is -1.42. The van der Waals surface area contributed by atoms with E-state index in [1.807, 2.05) is 41.9 Å². The SMILES string of the molecule is Cc1ccc(C(=O)NCCc2cn3ccccc3n2)cc1NC(=O)c1ccccc1F. The number of anilines is 1. The third kappa shape index (κ3) is 4.61. The van der Waals surface area contributed by atoms with Crippen LogP contribution in [0, 0.1) is 12.7 Å². The number of rotatable bonds is 6. The summed E-state index contributed by atoms with van der Waals surface area (Å²) in [5, 5.41) is 5.56. The number of amides is 2. The summed E-state index contributed by atoms with van der Waals surface area (Å²) < 4.78 is 15.8. The fourth-order valence-electron chi connectivity index (χ4n) is 3.25. The molecule has 0 fully saturated rings. The van der Waals surface area contributed by atoms with Gasteiger partial charge in [-0.15, -0.1) is 0 Å². The summed E-state index contributed by atoms with van der Waals surface area (Å²) in [5.41, 5.74) is 3.33. The smallest absolute Gasteiger partial charge is 0.258 e. The molecule has 0 atom stereocenters. The van der Waals surface area contributed by atoms with E-state index in [9.17, 15) is 14.0 Å². The molecule has 2 heterocycles. The standard InChI is InChI=1S/C24H21FN4O2/c1-16-9-10-17(14-21(16)28-24(31)19-6-2-3-7-20(19)25)23(30)26-12-11-18-15-29-13-5-4-8-22(29)27-18/h2-10,13-15H,11-12H2,1H3,(H,26,30)(H,28,31). The summed E-state index contributed by atoms with van der Waals surface area (Å²) in [4.78, 5) is 29.5. The topological polar surface area (TPSA) is 75.5 Å². The van der Waals surface area contributed by atoms with Crippen molar-refractivity contribution in [2.75, 3.05) is 11.9 Å². The molecule has 156 valence electrons. The first kappa shape index (κ1) is 20.3. The Labute approximate surface area is 178 Å². The highest BCUT2D eigenvalue weighted by Crippen LogP contribution is 2.19. The van der Waals surface area contributed by atoms with Crippen LogP contribution in [0.4, 0.5) is 10.1 Å². The molecule has 0 bridgehead atoms. The van der Waals surface area contributed by atoms with Crippen LogP contribution in [-0.4, -0.2) is 27.7 Å². The maximum Gasteiger partial charge on any atom is 0.258 e. The number of aromatic nitrogens is 2. The summed E-state index contributed by atoms with van der Waals surface area (Å²) in [7, 11) is 0. The number of carbonyl (C=O) groups is 2. The third-order valence-electron chi connectivity index (χ3n) is 4.95. The quantitative estimate of drug-likeness (QED) is 0.499. The lowest BCUT2D eigenvalue weighted by molar-refractivity contribution is 0.0952. The Morgan fingerprint density at radius 3 is 2.65 bits per heavy atom. The molecule has 4 rings (SSSR count). The first-order valence-electron chi connectivity index (χ1n) is 9.88. The van der Waals surface area contributed by atoms with Gasteiger partial charge in [-0.2, -0.15) is 0 Å². The van der Waals surface area contributed by atoms with Crippen LogP contribution in [0.25, 0.3) is 5.65 Å². The Hall–Kier alpha value is -4.00. The third-order valence-corrected chi connectivity index (χ3v) is 4.95. The lowest BCUT2D eigenvalue weighted by atomic mass is 10.1. The van der Waals surface area contributed by atoms with Crippen LogP contribution in [0.1, 0.15) is 32.0 Å². The molecule has 4 aromatic rings. The molecular formula is C24H21FN4O2. The largest absolute Gasteiger partial charge is 0.352 e. The Kier molecular flexibility index (Phi) is 5.75. The van der Waals surface area contributed by atoms with Crippen molar-refractivity contribution in [3.05, 3.63) is 101 Å². The molecular weight excluding hydrogens is 395 g/mol. The molecule has 0 spiro atoms. The number of pyridine rings is 1. The van der Waals surface area contributed by atoms with Crippen molar-refractivity contribution in [1.82, 2.24) is 14.7 Å². The highest BCUT2D eigenvalue weighted by molar-refractivity contribution is 6.05. The maximum absolute atomic E-state index is 13.9. The van der Waals surface area contributed by atoms with Crippen molar-refractivity contribution in [3.8, 4) is 0 Å². The van der Waals surface area contributed by atoms with E-state index >= 15 is 0 Å². The number of nitrogens with one attached hydrogen (secondary N) is 2. The van der Waals surface area contributed by atoms with Gasteiger partial charge in [-0.3, -0.25) is 9.59 Å². The first-order valence-corrected chi connectivity index (χ1v) is 9.88. The fourth-order valence-corrected chi connectivity index (χ4v) is 3.25. The summed E-state index contributed by atoms with van der Waals surface area (Å²) >= 11 is 0. The second-order valence-electron chi connectivity index (χ2n) is 7.17. The van der Waals surface area contributed by atoms with E-state index in [-0.39, 0.29) is 11.5 Å². The van der Waals surface area contributed by atoms with E-state index in [1.165, 1.54) is 18.2 Å². The molecule has 0 saturated carbocycles. The Bertz CT molecular complexity index is 1230. The van der Waals surface area contributed by atoms with Crippen molar-refractivity contribution in [2.45, 2.75) is 13.3 Å². The molecule has 7 heteroatoms. The van der Waals surface area contributed by atoms with E-state index in [2.05, 4.69) is 15.6 Å². The minimum atomic E-state index is -0.599. The number of nitrogens with zero attached hydrogens (tertiary/aromatic N) is 2. The lowest BCUT2D eigenvalue weighted by Crippen LogP contribution is -2.26. The molecule has 6 nitrogen and oxygen atoms in total. The second-order valence-corrected chi connectivity index (χ2v) is 7.17.